The van der Waals surface area contributed by atoms with Crippen molar-refractivity contribution in [1.29, 1.82) is 0 Å². The normalized spacial score (nSPS) is 16.4. The number of hydrogen-bond acceptors (Lipinski definition) is 4. The van der Waals surface area contributed by atoms with E-state index >= 15 is 0 Å². The Balaban J connectivity index is 1.29. The maximum Gasteiger partial charge on any atom is 0.260 e. The molecule has 0 saturated carbocycles. The molecule has 0 aliphatic carbocycles. The van der Waals surface area contributed by atoms with Crippen molar-refractivity contribution in [2.24, 2.45) is 0 Å². The number of nitrogens with one attached hydrogen (secondary N) is 1. The lowest BCUT2D eigenvalue weighted by Crippen LogP contribution is -2.50. The molecule has 6 nitrogen and oxygen atoms in total. The summed E-state index contributed by atoms with van der Waals surface area (Å²) >= 11 is 6.27. The van der Waals surface area contributed by atoms with Gasteiger partial charge >= 0.3 is 0 Å². The highest BCUT2D eigenvalue weighted by Crippen LogP contribution is 2.27. The first kappa shape index (κ1) is 18.6. The summed E-state index contributed by atoms with van der Waals surface area (Å²) < 4.78 is 5.71. The number of hydrogen-bond donors (Lipinski definition) is 1. The van der Waals surface area contributed by atoms with Gasteiger partial charge in [0.15, 0.2) is 6.61 Å². The van der Waals surface area contributed by atoms with E-state index in [-0.39, 0.29) is 18.4 Å². The summed E-state index contributed by atoms with van der Waals surface area (Å²) in [5, 5.41) is 3.57. The minimum Gasteiger partial charge on any atom is -0.484 e. The molecule has 1 fully saturated rings. The quantitative estimate of drug-likeness (QED) is 0.858. The maximum absolute atomic E-state index is 12.5. The van der Waals surface area contributed by atoms with Gasteiger partial charge < -0.3 is 19.9 Å². The highest BCUT2D eigenvalue weighted by molar-refractivity contribution is 6.33. The summed E-state index contributed by atoms with van der Waals surface area (Å²) in [7, 11) is 0. The smallest absolute Gasteiger partial charge is 0.260 e. The van der Waals surface area contributed by atoms with Gasteiger partial charge in [0.05, 0.1) is 10.7 Å². The largest absolute Gasteiger partial charge is 0.484 e. The second kappa shape index (κ2) is 8.10. The van der Waals surface area contributed by atoms with Crippen LogP contribution in [-0.4, -0.2) is 49.5 Å². The lowest BCUT2D eigenvalue weighted by atomic mass is 10.0. The Bertz CT molecular complexity index is 894. The third-order valence-corrected chi connectivity index (χ3v) is 5.48. The number of ether oxygens (including phenoxy) is 1. The van der Waals surface area contributed by atoms with Crippen LogP contribution in [-0.2, 0) is 16.0 Å². The molecule has 0 spiro atoms. The Morgan fingerprint density at radius 3 is 2.64 bits per heavy atom. The Kier molecular flexibility index (Phi) is 5.39. The zero-order chi connectivity index (χ0) is 19.5. The molecule has 28 heavy (non-hydrogen) atoms. The average Bonchev–Trinajstić information content (AvgIpc) is 2.72. The first-order valence-corrected chi connectivity index (χ1v) is 9.81. The lowest BCUT2D eigenvalue weighted by molar-refractivity contribution is -0.133. The predicted molar refractivity (Wildman–Crippen MR) is 109 cm³/mol. The number of piperazine rings is 1. The van der Waals surface area contributed by atoms with Crippen LogP contribution in [0.2, 0.25) is 5.02 Å². The Labute approximate surface area is 169 Å². The van der Waals surface area contributed by atoms with Crippen molar-refractivity contribution in [2.75, 3.05) is 43.0 Å². The van der Waals surface area contributed by atoms with E-state index in [4.69, 9.17) is 16.3 Å². The summed E-state index contributed by atoms with van der Waals surface area (Å²) in [5.74, 6) is 0.662. The van der Waals surface area contributed by atoms with Gasteiger partial charge in [0, 0.05) is 38.3 Å². The highest BCUT2D eigenvalue weighted by atomic mass is 35.5. The molecule has 2 aliphatic heterocycles. The minimum absolute atomic E-state index is 0.0111. The number of carbonyl (C=O) groups excluding carboxylic acids is 2. The zero-order valence-corrected chi connectivity index (χ0v) is 16.2. The number of anilines is 2. The second-order valence-electron chi connectivity index (χ2n) is 6.98. The molecule has 2 heterocycles. The van der Waals surface area contributed by atoms with E-state index in [1.165, 1.54) is 0 Å². The Morgan fingerprint density at radius 1 is 1.07 bits per heavy atom. The third kappa shape index (κ3) is 4.07. The van der Waals surface area contributed by atoms with Crippen LogP contribution in [0.1, 0.15) is 12.0 Å². The number of aryl methyl sites for hydroxylation is 1. The van der Waals surface area contributed by atoms with Gasteiger partial charge in [-0.25, -0.2) is 0 Å². The molecule has 2 amide bonds. The Morgan fingerprint density at radius 2 is 1.86 bits per heavy atom. The van der Waals surface area contributed by atoms with Crippen molar-refractivity contribution in [3.05, 3.63) is 53.1 Å². The van der Waals surface area contributed by atoms with E-state index in [2.05, 4.69) is 10.2 Å². The van der Waals surface area contributed by atoms with Crippen molar-refractivity contribution in [2.45, 2.75) is 12.8 Å². The van der Waals surface area contributed by atoms with Gasteiger partial charge in [-0.15, -0.1) is 0 Å². The summed E-state index contributed by atoms with van der Waals surface area (Å²) in [5.41, 5.74) is 2.87. The number of fused-ring (bicyclic) bond motifs is 1. The maximum atomic E-state index is 12.5. The molecule has 0 radical (unpaired) electrons. The SMILES string of the molecule is O=C1CCc2cc(OCC(=O)N3CCN(c4ccccc4Cl)CC3)ccc2N1. The molecular weight excluding hydrogens is 378 g/mol. The number of halogens is 1. The number of carbonyl (C=O) groups is 2. The van der Waals surface area contributed by atoms with Crippen molar-refractivity contribution in [3.63, 3.8) is 0 Å². The van der Waals surface area contributed by atoms with Crippen LogP contribution in [0.3, 0.4) is 0 Å². The van der Waals surface area contributed by atoms with Crippen LogP contribution in [0, 0.1) is 0 Å². The van der Waals surface area contributed by atoms with Crippen LogP contribution >= 0.6 is 11.6 Å². The van der Waals surface area contributed by atoms with Crippen molar-refractivity contribution < 1.29 is 14.3 Å². The molecule has 2 aromatic carbocycles. The molecule has 4 rings (SSSR count). The standard InChI is InChI=1S/C21H22ClN3O3/c22-17-3-1-2-4-19(17)24-9-11-25(12-10-24)21(27)14-28-16-6-7-18-15(13-16)5-8-20(26)23-18/h1-4,6-7,13H,5,8-12,14H2,(H,23,26). The van der Waals surface area contributed by atoms with E-state index in [1.54, 1.807) is 6.07 Å². The van der Waals surface area contributed by atoms with Gasteiger partial charge in [-0.2, -0.15) is 0 Å². The van der Waals surface area contributed by atoms with Crippen molar-refractivity contribution in [1.82, 2.24) is 4.90 Å². The molecule has 0 atom stereocenters. The van der Waals surface area contributed by atoms with Gasteiger partial charge in [-0.1, -0.05) is 23.7 Å². The van der Waals surface area contributed by atoms with E-state index < -0.39 is 0 Å². The molecular formula is C21H22ClN3O3. The summed E-state index contributed by atoms with van der Waals surface area (Å²) in [6, 6.07) is 13.3. The fourth-order valence-corrected chi connectivity index (χ4v) is 3.85. The summed E-state index contributed by atoms with van der Waals surface area (Å²) in [6.07, 6.45) is 1.17. The highest BCUT2D eigenvalue weighted by Gasteiger charge is 2.23. The van der Waals surface area contributed by atoms with E-state index in [9.17, 15) is 9.59 Å². The van der Waals surface area contributed by atoms with Crippen LogP contribution < -0.4 is 15.0 Å². The minimum atomic E-state index is -0.0233. The number of para-hydroxylation sites is 1. The number of nitrogens with zero attached hydrogens (tertiary/aromatic N) is 2. The van der Waals surface area contributed by atoms with Crippen LogP contribution in [0.15, 0.2) is 42.5 Å². The lowest BCUT2D eigenvalue weighted by Gasteiger charge is -2.36. The molecule has 7 heteroatoms. The van der Waals surface area contributed by atoms with Gasteiger partial charge in [-0.3, -0.25) is 9.59 Å². The van der Waals surface area contributed by atoms with Gasteiger partial charge in [0.1, 0.15) is 5.75 Å². The van der Waals surface area contributed by atoms with E-state index in [0.29, 0.717) is 31.7 Å². The van der Waals surface area contributed by atoms with Gasteiger partial charge in [0.2, 0.25) is 5.91 Å². The number of benzene rings is 2. The van der Waals surface area contributed by atoms with Crippen LogP contribution in [0.4, 0.5) is 11.4 Å². The number of rotatable bonds is 4. The molecule has 2 aromatic rings. The molecule has 0 unspecified atom stereocenters. The molecule has 1 saturated heterocycles. The van der Waals surface area contributed by atoms with Crippen LogP contribution in [0.25, 0.3) is 0 Å². The molecule has 0 aromatic heterocycles. The topological polar surface area (TPSA) is 61.9 Å². The predicted octanol–water partition coefficient (Wildman–Crippen LogP) is 2.95. The monoisotopic (exact) mass is 399 g/mol. The molecule has 2 aliphatic rings. The summed E-state index contributed by atoms with van der Waals surface area (Å²) in [4.78, 5) is 28.0. The number of amides is 2. The first-order valence-electron chi connectivity index (χ1n) is 9.43. The van der Waals surface area contributed by atoms with Gasteiger partial charge in [0.25, 0.3) is 5.91 Å². The van der Waals surface area contributed by atoms with Crippen molar-refractivity contribution >= 4 is 34.8 Å². The van der Waals surface area contributed by atoms with E-state index in [1.807, 2.05) is 41.3 Å². The summed E-state index contributed by atoms with van der Waals surface area (Å²) in [6.45, 7) is 2.78. The fourth-order valence-electron chi connectivity index (χ4n) is 3.59. The second-order valence-corrected chi connectivity index (χ2v) is 7.38. The zero-order valence-electron chi connectivity index (χ0n) is 15.5. The molecule has 0 bridgehead atoms. The van der Waals surface area contributed by atoms with E-state index in [0.717, 1.165) is 35.1 Å². The fraction of sp³-hybridized carbons (Fsp3) is 0.333. The Hall–Kier alpha value is -2.73. The van der Waals surface area contributed by atoms with Gasteiger partial charge in [-0.05, 0) is 42.3 Å². The molecule has 146 valence electrons. The first-order chi connectivity index (χ1) is 13.6. The average molecular weight is 400 g/mol. The molecule has 1 N–H and O–H groups in total. The third-order valence-electron chi connectivity index (χ3n) is 5.16. The van der Waals surface area contributed by atoms with Crippen LogP contribution in [0.5, 0.6) is 5.75 Å². The van der Waals surface area contributed by atoms with Crippen molar-refractivity contribution in [3.8, 4) is 5.75 Å².